The molecule has 0 spiro atoms. The lowest BCUT2D eigenvalue weighted by Crippen LogP contribution is -2.36. The summed E-state index contributed by atoms with van der Waals surface area (Å²) in [5.41, 5.74) is 2.37. The van der Waals surface area contributed by atoms with E-state index in [2.05, 4.69) is 9.88 Å². The fourth-order valence-electron chi connectivity index (χ4n) is 5.60. The van der Waals surface area contributed by atoms with Crippen LogP contribution in [0.2, 0.25) is 0 Å². The summed E-state index contributed by atoms with van der Waals surface area (Å²) in [6, 6.07) is 6.54. The van der Waals surface area contributed by atoms with Crippen LogP contribution in [0.3, 0.4) is 0 Å². The average molecular weight is 585 g/mol. The summed E-state index contributed by atoms with van der Waals surface area (Å²) in [6.45, 7) is 10.1. The van der Waals surface area contributed by atoms with Gasteiger partial charge in [-0.25, -0.2) is 14.8 Å². The standard InChI is InChI=1S/C29H31F3N6O2S/c1-16-33-15-24(41-16)18-13-20-21(14-19(18)29(30,31)32)38(26(34-20)28(2,3)4)17-11-22-25(36(6)27(39)35(22)5)23(12-17)37-7-9-40-10-8-37/h11-15H,7-10H2,1-6H3. The Hall–Kier alpha value is -3.64. The molecule has 1 aliphatic rings. The number of halogens is 3. The van der Waals surface area contributed by atoms with Crippen LogP contribution >= 0.6 is 11.3 Å². The van der Waals surface area contributed by atoms with Gasteiger partial charge in [0.1, 0.15) is 5.82 Å². The molecule has 0 radical (unpaired) electrons. The molecule has 2 aromatic carbocycles. The van der Waals surface area contributed by atoms with Crippen molar-refractivity contribution >= 4 is 39.1 Å². The van der Waals surface area contributed by atoms with E-state index in [0.29, 0.717) is 64.2 Å². The van der Waals surface area contributed by atoms with Crippen LogP contribution in [-0.4, -0.2) is 50.0 Å². The van der Waals surface area contributed by atoms with E-state index in [1.165, 1.54) is 29.7 Å². The summed E-state index contributed by atoms with van der Waals surface area (Å²) in [4.78, 5) is 24.7. The number of alkyl halides is 3. The third-order valence-corrected chi connectivity index (χ3v) is 8.54. The Kier molecular flexibility index (Phi) is 6.34. The molecule has 1 fully saturated rings. The topological polar surface area (TPSA) is 70.1 Å². The minimum atomic E-state index is -4.59. The maximum atomic E-state index is 14.6. The molecule has 1 saturated heterocycles. The van der Waals surface area contributed by atoms with E-state index in [9.17, 15) is 18.0 Å². The van der Waals surface area contributed by atoms with Crippen molar-refractivity contribution < 1.29 is 17.9 Å². The fourth-order valence-corrected chi connectivity index (χ4v) is 6.41. The van der Waals surface area contributed by atoms with Crippen LogP contribution in [0.1, 0.15) is 37.2 Å². The van der Waals surface area contributed by atoms with Gasteiger partial charge in [-0.05, 0) is 31.2 Å². The van der Waals surface area contributed by atoms with Gasteiger partial charge >= 0.3 is 11.9 Å². The number of aromatic nitrogens is 5. The lowest BCUT2D eigenvalue weighted by molar-refractivity contribution is -0.137. The number of hydrogen-bond acceptors (Lipinski definition) is 6. The second-order valence-electron chi connectivity index (χ2n) is 11.5. The molecule has 4 heterocycles. The number of benzene rings is 2. The van der Waals surface area contributed by atoms with Gasteiger partial charge < -0.3 is 9.64 Å². The molecule has 41 heavy (non-hydrogen) atoms. The highest BCUT2D eigenvalue weighted by molar-refractivity contribution is 7.15. The Morgan fingerprint density at radius 3 is 2.29 bits per heavy atom. The number of imidazole rings is 2. The average Bonchev–Trinajstić information content (AvgIpc) is 3.58. The van der Waals surface area contributed by atoms with E-state index in [1.54, 1.807) is 30.2 Å². The van der Waals surface area contributed by atoms with Gasteiger partial charge in [0.25, 0.3) is 0 Å². The second-order valence-corrected chi connectivity index (χ2v) is 12.7. The third-order valence-electron chi connectivity index (χ3n) is 7.59. The van der Waals surface area contributed by atoms with Gasteiger partial charge in [-0.15, -0.1) is 11.3 Å². The number of anilines is 1. The van der Waals surface area contributed by atoms with Crippen LogP contribution in [0.15, 0.2) is 35.3 Å². The molecule has 0 atom stereocenters. The van der Waals surface area contributed by atoms with Crippen molar-refractivity contribution in [3.63, 3.8) is 0 Å². The largest absolute Gasteiger partial charge is 0.417 e. The van der Waals surface area contributed by atoms with E-state index in [0.717, 1.165) is 11.2 Å². The van der Waals surface area contributed by atoms with E-state index in [4.69, 9.17) is 9.72 Å². The number of aryl methyl sites for hydroxylation is 3. The summed E-state index contributed by atoms with van der Waals surface area (Å²) >= 11 is 1.22. The minimum Gasteiger partial charge on any atom is -0.378 e. The van der Waals surface area contributed by atoms with Crippen molar-refractivity contribution in [2.75, 3.05) is 31.2 Å². The lowest BCUT2D eigenvalue weighted by atomic mass is 9.95. The number of rotatable bonds is 3. The predicted octanol–water partition coefficient (Wildman–Crippen LogP) is 5.80. The smallest absolute Gasteiger partial charge is 0.378 e. The van der Waals surface area contributed by atoms with Gasteiger partial charge in [-0.1, -0.05) is 20.8 Å². The van der Waals surface area contributed by atoms with Crippen molar-refractivity contribution in [1.82, 2.24) is 23.7 Å². The first kappa shape index (κ1) is 27.5. The quantitative estimate of drug-likeness (QED) is 0.268. The zero-order valence-electron chi connectivity index (χ0n) is 23.8. The summed E-state index contributed by atoms with van der Waals surface area (Å²) in [5.74, 6) is 0.617. The van der Waals surface area contributed by atoms with Gasteiger partial charge in [-0.2, -0.15) is 13.2 Å². The summed E-state index contributed by atoms with van der Waals surface area (Å²) in [6.07, 6.45) is -3.11. The van der Waals surface area contributed by atoms with Crippen molar-refractivity contribution in [3.05, 3.63) is 57.3 Å². The normalized spacial score (nSPS) is 15.0. The van der Waals surface area contributed by atoms with Crippen LogP contribution in [0.4, 0.5) is 18.9 Å². The molecule has 0 saturated carbocycles. The molecule has 1 aliphatic heterocycles. The molecular formula is C29H31F3N6O2S. The molecule has 5 aromatic rings. The second kappa shape index (κ2) is 9.45. The van der Waals surface area contributed by atoms with Crippen LogP contribution in [0.25, 0.3) is 38.2 Å². The summed E-state index contributed by atoms with van der Waals surface area (Å²) in [7, 11) is 3.44. The molecule has 0 bridgehead atoms. The highest BCUT2D eigenvalue weighted by Gasteiger charge is 2.36. The summed E-state index contributed by atoms with van der Waals surface area (Å²) < 4.78 is 54.2. The molecule has 0 N–H and O–H groups in total. The zero-order chi connectivity index (χ0) is 29.4. The molecule has 0 amide bonds. The monoisotopic (exact) mass is 584 g/mol. The highest BCUT2D eigenvalue weighted by atomic mass is 32.1. The summed E-state index contributed by atoms with van der Waals surface area (Å²) in [5, 5.41) is 0.687. The Labute approximate surface area is 238 Å². The maximum absolute atomic E-state index is 14.6. The number of fused-ring (bicyclic) bond motifs is 2. The third kappa shape index (κ3) is 4.53. The van der Waals surface area contributed by atoms with E-state index >= 15 is 0 Å². The first-order chi connectivity index (χ1) is 19.3. The van der Waals surface area contributed by atoms with Crippen LogP contribution in [0.5, 0.6) is 0 Å². The van der Waals surface area contributed by atoms with Crippen molar-refractivity contribution in [2.45, 2.75) is 39.3 Å². The predicted molar refractivity (Wildman–Crippen MR) is 155 cm³/mol. The lowest BCUT2D eigenvalue weighted by Gasteiger charge is -2.30. The first-order valence-corrected chi connectivity index (χ1v) is 14.2. The molecule has 6 rings (SSSR count). The minimum absolute atomic E-state index is 0.0654. The molecule has 216 valence electrons. The Balaban J connectivity index is 1.71. The maximum Gasteiger partial charge on any atom is 0.417 e. The van der Waals surface area contributed by atoms with E-state index in [-0.39, 0.29) is 11.3 Å². The first-order valence-electron chi connectivity index (χ1n) is 13.3. The van der Waals surface area contributed by atoms with Gasteiger partial charge in [-0.3, -0.25) is 13.7 Å². The van der Waals surface area contributed by atoms with Crippen molar-refractivity contribution in [1.29, 1.82) is 0 Å². The Bertz CT molecular complexity index is 1870. The van der Waals surface area contributed by atoms with E-state index in [1.807, 2.05) is 37.5 Å². The van der Waals surface area contributed by atoms with Crippen LogP contribution in [-0.2, 0) is 30.4 Å². The Morgan fingerprint density at radius 2 is 1.68 bits per heavy atom. The molecule has 0 aliphatic carbocycles. The SMILES string of the molecule is Cc1ncc(-c2cc3nc(C(C)(C)C)n(-c4cc(N5CCOCC5)c5c(c4)n(C)c(=O)n5C)c3cc2C(F)(F)F)s1. The molecule has 12 heteroatoms. The van der Waals surface area contributed by atoms with Crippen molar-refractivity contribution in [3.8, 4) is 16.1 Å². The van der Waals surface area contributed by atoms with Crippen molar-refractivity contribution in [2.24, 2.45) is 14.1 Å². The van der Waals surface area contributed by atoms with Gasteiger partial charge in [0.15, 0.2) is 0 Å². The van der Waals surface area contributed by atoms with E-state index < -0.39 is 17.2 Å². The van der Waals surface area contributed by atoms with Gasteiger partial charge in [0, 0.05) is 44.4 Å². The Morgan fingerprint density at radius 1 is 0.976 bits per heavy atom. The van der Waals surface area contributed by atoms with Gasteiger partial charge in [0.2, 0.25) is 0 Å². The number of morpholine rings is 1. The number of ether oxygens (including phenoxy) is 1. The fraction of sp³-hybridized carbons (Fsp3) is 0.414. The molecular weight excluding hydrogens is 553 g/mol. The zero-order valence-corrected chi connectivity index (χ0v) is 24.6. The number of nitrogens with zero attached hydrogens (tertiary/aromatic N) is 6. The van der Waals surface area contributed by atoms with Crippen LogP contribution < -0.4 is 10.6 Å². The van der Waals surface area contributed by atoms with Crippen LogP contribution in [0, 0.1) is 6.92 Å². The molecule has 8 nitrogen and oxygen atoms in total. The number of hydrogen-bond donors (Lipinski definition) is 0. The van der Waals surface area contributed by atoms with Gasteiger partial charge in [0.05, 0.1) is 62.1 Å². The molecule has 0 unspecified atom stereocenters. The molecule has 3 aromatic heterocycles. The number of thiazole rings is 1. The highest BCUT2D eigenvalue weighted by Crippen LogP contribution is 2.43.